The van der Waals surface area contributed by atoms with Gasteiger partial charge >= 0.3 is 11.9 Å². The molecule has 2 atom stereocenters. The second-order valence-corrected chi connectivity index (χ2v) is 12.8. The van der Waals surface area contributed by atoms with Gasteiger partial charge in [0.1, 0.15) is 11.2 Å². The third kappa shape index (κ3) is 17.3. The molecular formula is C32H49ClN2O5. The summed E-state index contributed by atoms with van der Waals surface area (Å²) in [5, 5.41) is 9.32. The Bertz CT molecular complexity index is 988. The lowest BCUT2D eigenvalue weighted by Crippen LogP contribution is -2.41. The Kier molecular flexibility index (Phi) is 15.5. The van der Waals surface area contributed by atoms with E-state index in [0.29, 0.717) is 19.6 Å². The van der Waals surface area contributed by atoms with Crippen LogP contribution in [0.25, 0.3) is 0 Å². The van der Waals surface area contributed by atoms with Crippen LogP contribution in [0, 0.1) is 0 Å². The number of aliphatic hydroxyl groups excluding tert-OH is 1. The molecule has 0 saturated heterocycles. The summed E-state index contributed by atoms with van der Waals surface area (Å²) in [6.45, 7) is 17.4. The molecule has 1 N–H and O–H groups in total. The maximum atomic E-state index is 11.9. The van der Waals surface area contributed by atoms with E-state index in [1.54, 1.807) is 0 Å². The average Bonchev–Trinajstić information content (AvgIpc) is 2.82. The topological polar surface area (TPSA) is 79.3 Å². The van der Waals surface area contributed by atoms with Gasteiger partial charge in [-0.25, -0.2) is 0 Å². The number of esters is 2. The number of ether oxygens (including phenoxy) is 2. The first-order chi connectivity index (χ1) is 18.6. The van der Waals surface area contributed by atoms with Crippen molar-refractivity contribution in [3.05, 3.63) is 71.8 Å². The minimum absolute atomic E-state index is 0.00955. The van der Waals surface area contributed by atoms with Gasteiger partial charge in [0.05, 0.1) is 19.7 Å². The van der Waals surface area contributed by atoms with Crippen LogP contribution < -0.4 is 0 Å². The minimum Gasteiger partial charge on any atom is -0.459 e. The largest absolute Gasteiger partial charge is 0.459 e. The Hall–Kier alpha value is -2.45. The van der Waals surface area contributed by atoms with Crippen LogP contribution >= 0.6 is 11.6 Å². The lowest BCUT2D eigenvalue weighted by atomic mass is 10.1. The monoisotopic (exact) mass is 576 g/mol. The molecule has 224 valence electrons. The van der Waals surface area contributed by atoms with Gasteiger partial charge in [0.2, 0.25) is 0 Å². The molecule has 0 heterocycles. The van der Waals surface area contributed by atoms with E-state index in [2.05, 4.69) is 0 Å². The number of halogens is 1. The highest BCUT2D eigenvalue weighted by Crippen LogP contribution is 2.13. The quantitative estimate of drug-likeness (QED) is 0.258. The third-order valence-electron chi connectivity index (χ3n) is 5.40. The van der Waals surface area contributed by atoms with Crippen molar-refractivity contribution in [2.75, 3.05) is 26.2 Å². The van der Waals surface area contributed by atoms with Gasteiger partial charge < -0.3 is 14.6 Å². The number of nitrogens with zero attached hydrogens (tertiary/aromatic N) is 2. The van der Waals surface area contributed by atoms with E-state index >= 15 is 0 Å². The van der Waals surface area contributed by atoms with Gasteiger partial charge in [-0.3, -0.25) is 19.4 Å². The van der Waals surface area contributed by atoms with Gasteiger partial charge in [0, 0.05) is 31.1 Å². The number of rotatable bonds is 12. The van der Waals surface area contributed by atoms with Gasteiger partial charge in [0.25, 0.3) is 0 Å². The summed E-state index contributed by atoms with van der Waals surface area (Å²) in [7, 11) is 0. The number of aliphatic hydroxyl groups is 1. The fourth-order valence-electron chi connectivity index (χ4n) is 3.78. The second-order valence-electron chi connectivity index (χ2n) is 12.0. The minimum atomic E-state index is -0.488. The molecule has 0 fully saturated rings. The van der Waals surface area contributed by atoms with E-state index < -0.39 is 11.2 Å². The average molecular weight is 577 g/mol. The predicted molar refractivity (Wildman–Crippen MR) is 162 cm³/mol. The standard InChI is InChI=1S/C16H24ClNO2.C16H25NO3/c1-13(17)10-18(11-14-8-6-5-7-9-14)12-15(19)20-16(2,3)4;1-13(12-18)17(10-14-8-6-5-7-9-14)11-15(19)20-16(2,3)4/h5-9,13H,10-12H2,1-4H3;5-9,13,18H,10-12H2,1-4H3/t2*13-/m10/s1. The molecule has 0 bridgehead atoms. The second kappa shape index (κ2) is 17.4. The van der Waals surface area contributed by atoms with Crippen LogP contribution in [0.5, 0.6) is 0 Å². The maximum Gasteiger partial charge on any atom is 0.320 e. The Balaban J connectivity index is 0.000000400. The smallest absolute Gasteiger partial charge is 0.320 e. The van der Waals surface area contributed by atoms with E-state index in [1.807, 2.05) is 126 Å². The molecule has 7 nitrogen and oxygen atoms in total. The molecule has 0 saturated carbocycles. The molecule has 0 aliphatic carbocycles. The summed E-state index contributed by atoms with van der Waals surface area (Å²) in [6.07, 6.45) is 0. The van der Waals surface area contributed by atoms with Crippen molar-refractivity contribution < 1.29 is 24.2 Å². The zero-order valence-corrected chi connectivity index (χ0v) is 26.3. The molecule has 0 aliphatic rings. The molecule has 2 aromatic carbocycles. The van der Waals surface area contributed by atoms with Crippen LogP contribution in [0.1, 0.15) is 66.5 Å². The van der Waals surface area contributed by atoms with E-state index in [0.717, 1.165) is 11.1 Å². The molecular weight excluding hydrogens is 528 g/mol. The summed E-state index contributed by atoms with van der Waals surface area (Å²) in [6, 6.07) is 19.8. The molecule has 0 aromatic heterocycles. The van der Waals surface area contributed by atoms with E-state index in [4.69, 9.17) is 21.1 Å². The SMILES string of the molecule is C[C@@H](CO)N(CC(=O)OC(C)(C)C)Cc1ccccc1.C[C@@H](Cl)CN(CC(=O)OC(C)(C)C)Cc1ccccc1. The van der Waals surface area contributed by atoms with E-state index in [-0.39, 0.29) is 43.1 Å². The van der Waals surface area contributed by atoms with Gasteiger partial charge in [-0.15, -0.1) is 11.6 Å². The lowest BCUT2D eigenvalue weighted by molar-refractivity contribution is -0.157. The number of hydrogen-bond acceptors (Lipinski definition) is 7. The first kappa shape index (κ1) is 35.6. The summed E-state index contributed by atoms with van der Waals surface area (Å²) in [5.74, 6) is -0.487. The van der Waals surface area contributed by atoms with Gasteiger partial charge in [0.15, 0.2) is 0 Å². The Labute approximate surface area is 246 Å². The molecule has 0 spiro atoms. The van der Waals surface area contributed by atoms with Crippen LogP contribution in [0.15, 0.2) is 60.7 Å². The van der Waals surface area contributed by atoms with Crippen molar-refractivity contribution in [1.29, 1.82) is 0 Å². The number of alkyl halides is 1. The van der Waals surface area contributed by atoms with Gasteiger partial charge in [-0.05, 0) is 66.5 Å². The van der Waals surface area contributed by atoms with Gasteiger partial charge in [-0.2, -0.15) is 0 Å². The number of benzene rings is 2. The lowest BCUT2D eigenvalue weighted by Gasteiger charge is -2.28. The fourth-order valence-corrected chi connectivity index (χ4v) is 3.97. The van der Waals surface area contributed by atoms with Crippen LogP contribution in [-0.4, -0.2) is 75.7 Å². The molecule has 40 heavy (non-hydrogen) atoms. The normalized spacial score (nSPS) is 13.3. The molecule has 2 rings (SSSR count). The van der Waals surface area contributed by atoms with E-state index in [1.165, 1.54) is 0 Å². The highest BCUT2D eigenvalue weighted by Gasteiger charge is 2.22. The highest BCUT2D eigenvalue weighted by molar-refractivity contribution is 6.20. The van der Waals surface area contributed by atoms with Crippen LogP contribution in [0.2, 0.25) is 0 Å². The maximum absolute atomic E-state index is 11.9. The Morgan fingerprint density at radius 1 is 0.775 bits per heavy atom. The molecule has 0 aliphatic heterocycles. The van der Waals surface area contributed by atoms with Crippen molar-refractivity contribution in [2.24, 2.45) is 0 Å². The number of carbonyl (C=O) groups is 2. The zero-order valence-electron chi connectivity index (χ0n) is 25.5. The van der Waals surface area contributed by atoms with Crippen molar-refractivity contribution in [3.63, 3.8) is 0 Å². The van der Waals surface area contributed by atoms with Crippen molar-refractivity contribution in [3.8, 4) is 0 Å². The van der Waals surface area contributed by atoms with Crippen LogP contribution in [-0.2, 0) is 32.2 Å². The molecule has 8 heteroatoms. The van der Waals surface area contributed by atoms with E-state index in [9.17, 15) is 14.7 Å². The van der Waals surface area contributed by atoms with Crippen molar-refractivity contribution in [2.45, 2.75) is 91.1 Å². The van der Waals surface area contributed by atoms with Crippen molar-refractivity contribution in [1.82, 2.24) is 9.80 Å². The Morgan fingerprint density at radius 2 is 1.20 bits per heavy atom. The molecule has 0 radical (unpaired) electrons. The summed E-state index contributed by atoms with van der Waals surface area (Å²) in [4.78, 5) is 27.8. The highest BCUT2D eigenvalue weighted by atomic mass is 35.5. The Morgan fingerprint density at radius 3 is 1.60 bits per heavy atom. The number of hydrogen-bond donors (Lipinski definition) is 1. The molecule has 0 amide bonds. The van der Waals surface area contributed by atoms with Crippen molar-refractivity contribution >= 4 is 23.5 Å². The predicted octanol–water partition coefficient (Wildman–Crippen LogP) is 5.67. The summed E-state index contributed by atoms with van der Waals surface area (Å²) >= 11 is 6.06. The zero-order chi connectivity index (χ0) is 30.3. The first-order valence-electron chi connectivity index (χ1n) is 13.8. The third-order valence-corrected chi connectivity index (χ3v) is 5.54. The van der Waals surface area contributed by atoms with Crippen LogP contribution in [0.3, 0.4) is 0 Å². The summed E-state index contributed by atoms with van der Waals surface area (Å²) < 4.78 is 10.7. The number of carbonyl (C=O) groups excluding carboxylic acids is 2. The van der Waals surface area contributed by atoms with Crippen LogP contribution in [0.4, 0.5) is 0 Å². The first-order valence-corrected chi connectivity index (χ1v) is 14.2. The molecule has 0 unspecified atom stereocenters. The summed E-state index contributed by atoms with van der Waals surface area (Å²) in [5.41, 5.74) is 1.32. The molecule has 2 aromatic rings. The van der Waals surface area contributed by atoms with Gasteiger partial charge in [-0.1, -0.05) is 60.7 Å². The fraction of sp³-hybridized carbons (Fsp3) is 0.562.